The second-order valence-electron chi connectivity index (χ2n) is 3.51. The molecule has 1 aromatic rings. The highest BCUT2D eigenvalue weighted by molar-refractivity contribution is 5.44. The van der Waals surface area contributed by atoms with Crippen LogP contribution in [-0.4, -0.2) is 29.6 Å². The molecule has 4 nitrogen and oxygen atoms in total. The Morgan fingerprint density at radius 1 is 1.50 bits per heavy atom. The van der Waals surface area contributed by atoms with Crippen molar-refractivity contribution in [3.05, 3.63) is 12.3 Å². The lowest BCUT2D eigenvalue weighted by Crippen LogP contribution is -2.37. The van der Waals surface area contributed by atoms with Crippen molar-refractivity contribution in [1.29, 1.82) is 0 Å². The van der Waals surface area contributed by atoms with Gasteiger partial charge in [-0.1, -0.05) is 6.92 Å². The second-order valence-corrected chi connectivity index (χ2v) is 3.51. The van der Waals surface area contributed by atoms with Crippen LogP contribution in [0.4, 0.5) is 11.8 Å². The minimum absolute atomic E-state index is 0.747. The summed E-state index contributed by atoms with van der Waals surface area (Å²) in [5, 5.41) is 3.19. The van der Waals surface area contributed by atoms with Crippen LogP contribution in [0.15, 0.2) is 12.3 Å². The van der Waals surface area contributed by atoms with Crippen LogP contribution in [0.5, 0.6) is 0 Å². The van der Waals surface area contributed by atoms with Crippen LogP contribution in [0.3, 0.4) is 0 Å². The molecule has 0 radical (unpaired) electrons. The molecule has 76 valence electrons. The van der Waals surface area contributed by atoms with E-state index in [1.165, 1.54) is 6.42 Å². The Labute approximate surface area is 84.4 Å². The highest BCUT2D eigenvalue weighted by atomic mass is 15.3. The predicted octanol–water partition coefficient (Wildman–Crippen LogP) is 1.51. The monoisotopic (exact) mass is 192 g/mol. The van der Waals surface area contributed by atoms with Crippen molar-refractivity contribution in [2.24, 2.45) is 0 Å². The highest BCUT2D eigenvalue weighted by Crippen LogP contribution is 2.17. The van der Waals surface area contributed by atoms with Gasteiger partial charge >= 0.3 is 0 Å². The lowest BCUT2D eigenvalue weighted by Gasteiger charge is -2.31. The van der Waals surface area contributed by atoms with E-state index in [0.717, 1.165) is 37.8 Å². The van der Waals surface area contributed by atoms with E-state index in [4.69, 9.17) is 0 Å². The maximum absolute atomic E-state index is 4.44. The molecule has 0 aliphatic carbocycles. The van der Waals surface area contributed by atoms with E-state index in [2.05, 4.69) is 27.1 Å². The second kappa shape index (κ2) is 4.26. The number of rotatable bonds is 4. The summed E-state index contributed by atoms with van der Waals surface area (Å²) >= 11 is 0. The maximum Gasteiger partial charge on any atom is 0.224 e. The average molecular weight is 192 g/mol. The lowest BCUT2D eigenvalue weighted by molar-refractivity contribution is 0.609. The van der Waals surface area contributed by atoms with Gasteiger partial charge in [0.25, 0.3) is 0 Å². The fourth-order valence-electron chi connectivity index (χ4n) is 1.39. The van der Waals surface area contributed by atoms with Crippen molar-refractivity contribution < 1.29 is 0 Å². The van der Waals surface area contributed by atoms with Crippen LogP contribution < -0.4 is 10.2 Å². The Kier molecular flexibility index (Phi) is 2.81. The van der Waals surface area contributed by atoms with Crippen molar-refractivity contribution in [1.82, 2.24) is 9.97 Å². The van der Waals surface area contributed by atoms with Gasteiger partial charge < -0.3 is 10.2 Å². The van der Waals surface area contributed by atoms with Gasteiger partial charge in [-0.05, 0) is 18.9 Å². The minimum Gasteiger partial charge on any atom is -0.356 e. The van der Waals surface area contributed by atoms with Crippen LogP contribution in [0.1, 0.15) is 19.8 Å². The van der Waals surface area contributed by atoms with Gasteiger partial charge in [-0.2, -0.15) is 4.98 Å². The van der Waals surface area contributed by atoms with Gasteiger partial charge in [0.15, 0.2) is 0 Å². The summed E-state index contributed by atoms with van der Waals surface area (Å²) in [7, 11) is 0. The van der Waals surface area contributed by atoms with E-state index in [9.17, 15) is 0 Å². The molecule has 0 spiro atoms. The van der Waals surface area contributed by atoms with Crippen molar-refractivity contribution in [2.75, 3.05) is 29.9 Å². The molecule has 1 saturated heterocycles. The first-order valence-corrected chi connectivity index (χ1v) is 5.22. The molecular weight excluding hydrogens is 176 g/mol. The van der Waals surface area contributed by atoms with E-state index >= 15 is 0 Å². The fourth-order valence-corrected chi connectivity index (χ4v) is 1.39. The maximum atomic E-state index is 4.44. The van der Waals surface area contributed by atoms with Gasteiger partial charge in [-0.3, -0.25) is 0 Å². The lowest BCUT2D eigenvalue weighted by atomic mass is 10.2. The molecule has 0 atom stereocenters. The van der Waals surface area contributed by atoms with Gasteiger partial charge in [-0.15, -0.1) is 0 Å². The standard InChI is InChI=1S/C10H16N4/c1-2-5-11-10-12-6-4-9(13-10)14-7-3-8-14/h4,6H,2-3,5,7-8H2,1H3,(H,11,12,13). The third kappa shape index (κ3) is 1.95. The predicted molar refractivity (Wildman–Crippen MR) is 57.6 cm³/mol. The van der Waals surface area contributed by atoms with Gasteiger partial charge in [0, 0.05) is 25.8 Å². The molecule has 1 N–H and O–H groups in total. The Morgan fingerprint density at radius 2 is 2.36 bits per heavy atom. The molecule has 2 heterocycles. The largest absolute Gasteiger partial charge is 0.356 e. The molecular formula is C10H16N4. The number of nitrogens with one attached hydrogen (secondary N) is 1. The van der Waals surface area contributed by atoms with Crippen LogP contribution in [-0.2, 0) is 0 Å². The first-order valence-electron chi connectivity index (χ1n) is 5.22. The molecule has 2 rings (SSSR count). The van der Waals surface area contributed by atoms with Gasteiger partial charge in [0.05, 0.1) is 0 Å². The summed E-state index contributed by atoms with van der Waals surface area (Å²) < 4.78 is 0. The zero-order chi connectivity index (χ0) is 9.80. The summed E-state index contributed by atoms with van der Waals surface area (Å²) in [5.41, 5.74) is 0. The minimum atomic E-state index is 0.747. The Balaban J connectivity index is 2.02. The topological polar surface area (TPSA) is 41.1 Å². The van der Waals surface area contributed by atoms with E-state index in [-0.39, 0.29) is 0 Å². The quantitative estimate of drug-likeness (QED) is 0.785. The van der Waals surface area contributed by atoms with Gasteiger partial charge in [-0.25, -0.2) is 4.98 Å². The zero-order valence-corrected chi connectivity index (χ0v) is 8.53. The van der Waals surface area contributed by atoms with E-state index in [1.807, 2.05) is 12.3 Å². The molecule has 1 aliphatic rings. The van der Waals surface area contributed by atoms with Crippen molar-refractivity contribution >= 4 is 11.8 Å². The summed E-state index contributed by atoms with van der Waals surface area (Å²) in [5.74, 6) is 1.79. The third-order valence-electron chi connectivity index (χ3n) is 2.35. The fraction of sp³-hybridized carbons (Fsp3) is 0.600. The summed E-state index contributed by atoms with van der Waals surface area (Å²) in [4.78, 5) is 10.9. The normalized spacial score (nSPS) is 15.1. The summed E-state index contributed by atoms with van der Waals surface area (Å²) in [6.07, 6.45) is 4.19. The highest BCUT2D eigenvalue weighted by Gasteiger charge is 2.15. The Hall–Kier alpha value is -1.32. The van der Waals surface area contributed by atoms with Crippen molar-refractivity contribution in [3.8, 4) is 0 Å². The van der Waals surface area contributed by atoms with Gasteiger partial charge in [0.2, 0.25) is 5.95 Å². The Morgan fingerprint density at radius 3 is 3.00 bits per heavy atom. The number of nitrogens with zero attached hydrogens (tertiary/aromatic N) is 3. The van der Waals surface area contributed by atoms with Crippen molar-refractivity contribution in [3.63, 3.8) is 0 Å². The van der Waals surface area contributed by atoms with E-state index in [1.54, 1.807) is 0 Å². The van der Waals surface area contributed by atoms with Crippen LogP contribution >= 0.6 is 0 Å². The first kappa shape index (κ1) is 9.24. The molecule has 0 amide bonds. The molecule has 0 aromatic carbocycles. The third-order valence-corrected chi connectivity index (χ3v) is 2.35. The molecule has 1 fully saturated rings. The smallest absolute Gasteiger partial charge is 0.224 e. The number of aromatic nitrogens is 2. The summed E-state index contributed by atoms with van der Waals surface area (Å²) in [6.45, 7) is 5.32. The Bertz CT molecular complexity index is 296. The van der Waals surface area contributed by atoms with Gasteiger partial charge in [0.1, 0.15) is 5.82 Å². The molecule has 1 aliphatic heterocycles. The zero-order valence-electron chi connectivity index (χ0n) is 8.53. The average Bonchev–Trinajstić information content (AvgIpc) is 2.13. The van der Waals surface area contributed by atoms with E-state index in [0.29, 0.717) is 0 Å². The molecule has 14 heavy (non-hydrogen) atoms. The number of anilines is 2. The molecule has 0 unspecified atom stereocenters. The SMILES string of the molecule is CCCNc1nccc(N2CCC2)n1. The molecule has 4 heteroatoms. The van der Waals surface area contributed by atoms with E-state index < -0.39 is 0 Å². The van der Waals surface area contributed by atoms with Crippen LogP contribution in [0.25, 0.3) is 0 Å². The van der Waals surface area contributed by atoms with Crippen molar-refractivity contribution in [2.45, 2.75) is 19.8 Å². The number of hydrogen-bond acceptors (Lipinski definition) is 4. The number of hydrogen-bond donors (Lipinski definition) is 1. The molecule has 0 bridgehead atoms. The molecule has 1 aromatic heterocycles. The summed E-state index contributed by atoms with van der Waals surface area (Å²) in [6, 6.07) is 1.97. The first-order chi connectivity index (χ1) is 6.90. The van der Waals surface area contributed by atoms with Crippen LogP contribution in [0, 0.1) is 0 Å². The van der Waals surface area contributed by atoms with Crippen LogP contribution in [0.2, 0.25) is 0 Å². The molecule has 0 saturated carbocycles.